The van der Waals surface area contributed by atoms with Crippen LogP contribution in [0.3, 0.4) is 0 Å². The number of carbonyl (C=O) groups is 2. The van der Waals surface area contributed by atoms with E-state index in [0.717, 1.165) is 12.8 Å². The molecule has 0 aliphatic carbocycles. The predicted molar refractivity (Wildman–Crippen MR) is 182 cm³/mol. The second kappa shape index (κ2) is 14.6. The summed E-state index contributed by atoms with van der Waals surface area (Å²) in [7, 11) is 0. The molecule has 0 radical (unpaired) electrons. The molecule has 15 heteroatoms. The molecule has 2 saturated heterocycles. The number of nitrogen functional groups attached to an aromatic ring is 1. The third kappa shape index (κ3) is 7.93. The summed E-state index contributed by atoms with van der Waals surface area (Å²) in [4.78, 5) is 34.7. The smallest absolute Gasteiger partial charge is 0.429 e. The Kier molecular flexibility index (Phi) is 10.2. The first-order valence-electron chi connectivity index (χ1n) is 16.8. The molecule has 2 atom stereocenters. The highest BCUT2D eigenvalue weighted by molar-refractivity contribution is 5.90. The van der Waals surface area contributed by atoms with Crippen LogP contribution in [0.4, 0.5) is 24.9 Å². The molecule has 2 aromatic heterocycles. The number of hydrogen-bond donors (Lipinski definition) is 2. The minimum atomic E-state index is -4.86. The molecule has 3 N–H and O–H groups in total. The zero-order chi connectivity index (χ0) is 36.3. The van der Waals surface area contributed by atoms with Crippen LogP contribution in [0.1, 0.15) is 60.8 Å². The number of alkyl halides is 3. The average Bonchev–Trinajstić information content (AvgIpc) is 3.73. The number of benzene rings is 2. The molecule has 0 saturated carbocycles. The van der Waals surface area contributed by atoms with E-state index < -0.39 is 18.2 Å². The number of nitrogens with zero attached hydrogens (tertiary/aromatic N) is 5. The molecule has 2 fully saturated rings. The van der Waals surface area contributed by atoms with E-state index in [4.69, 9.17) is 19.9 Å². The molecule has 0 amide bonds. The first kappa shape index (κ1) is 35.6. The monoisotopic (exact) mass is 707 g/mol. The van der Waals surface area contributed by atoms with Crippen LogP contribution in [-0.4, -0.2) is 76.8 Å². The number of aromatic nitrogens is 4. The summed E-state index contributed by atoms with van der Waals surface area (Å²) < 4.78 is 62.1. The molecule has 4 aromatic rings. The number of nitrogens with one attached hydrogen (secondary N) is 1. The van der Waals surface area contributed by atoms with E-state index in [0.29, 0.717) is 60.9 Å². The van der Waals surface area contributed by atoms with Gasteiger partial charge < -0.3 is 30.2 Å². The largest absolute Gasteiger partial charge is 0.465 e. The molecule has 0 unspecified atom stereocenters. The van der Waals surface area contributed by atoms with E-state index in [9.17, 15) is 22.8 Å². The molecular weight excluding hydrogens is 667 g/mol. The third-order valence-corrected chi connectivity index (χ3v) is 9.33. The Labute approximate surface area is 293 Å². The number of carbonyl (C=O) groups excluding carboxylic acids is 2. The third-order valence-electron chi connectivity index (χ3n) is 9.33. The quantitative estimate of drug-likeness (QED) is 0.199. The number of halogens is 3. The summed E-state index contributed by atoms with van der Waals surface area (Å²) in [5.74, 6) is -0.924. The van der Waals surface area contributed by atoms with Crippen molar-refractivity contribution in [1.82, 2.24) is 25.1 Å². The van der Waals surface area contributed by atoms with Gasteiger partial charge in [-0.3, -0.25) is 4.79 Å². The van der Waals surface area contributed by atoms with Gasteiger partial charge in [-0.25, -0.2) is 9.48 Å². The Morgan fingerprint density at radius 3 is 2.35 bits per heavy atom. The number of aryl methyl sites for hydroxylation is 1. The summed E-state index contributed by atoms with van der Waals surface area (Å²) in [6, 6.07) is 13.8. The lowest BCUT2D eigenvalue weighted by Crippen LogP contribution is -2.41. The molecule has 51 heavy (non-hydrogen) atoms. The molecule has 0 bridgehead atoms. The van der Waals surface area contributed by atoms with E-state index in [1.807, 2.05) is 4.90 Å². The molecule has 1 spiro atoms. The van der Waals surface area contributed by atoms with E-state index in [1.54, 1.807) is 69.4 Å². The van der Waals surface area contributed by atoms with Crippen molar-refractivity contribution in [3.8, 4) is 22.7 Å². The van der Waals surface area contributed by atoms with Crippen molar-refractivity contribution in [2.45, 2.75) is 58.4 Å². The highest BCUT2D eigenvalue weighted by Gasteiger charge is 2.46. The van der Waals surface area contributed by atoms with Crippen molar-refractivity contribution >= 4 is 23.7 Å². The van der Waals surface area contributed by atoms with Crippen LogP contribution in [-0.2, 0) is 14.3 Å². The number of hydrogen-bond acceptors (Lipinski definition) is 11. The maximum absolute atomic E-state index is 14.9. The summed E-state index contributed by atoms with van der Waals surface area (Å²) in [6.07, 6.45) is -3.58. The van der Waals surface area contributed by atoms with Gasteiger partial charge >= 0.3 is 18.1 Å². The van der Waals surface area contributed by atoms with Crippen LogP contribution >= 0.6 is 0 Å². The van der Waals surface area contributed by atoms with Crippen LogP contribution in [0.25, 0.3) is 16.8 Å². The molecule has 2 aliphatic heterocycles. The fourth-order valence-corrected chi connectivity index (χ4v) is 6.70. The van der Waals surface area contributed by atoms with Gasteiger partial charge in [-0.05, 0) is 80.8 Å². The fourth-order valence-electron chi connectivity index (χ4n) is 6.70. The Morgan fingerprint density at radius 1 is 1.00 bits per heavy atom. The Morgan fingerprint density at radius 2 is 1.71 bits per heavy atom. The first-order chi connectivity index (χ1) is 24.4. The van der Waals surface area contributed by atoms with Gasteiger partial charge in [0.15, 0.2) is 0 Å². The van der Waals surface area contributed by atoms with Crippen molar-refractivity contribution in [3.05, 3.63) is 77.6 Å². The second-order valence-electron chi connectivity index (χ2n) is 12.8. The summed E-state index contributed by atoms with van der Waals surface area (Å²) in [5, 5.41) is 7.68. The Bertz CT molecular complexity index is 1870. The van der Waals surface area contributed by atoms with Crippen LogP contribution in [0.15, 0.2) is 60.8 Å². The van der Waals surface area contributed by atoms with Crippen molar-refractivity contribution in [1.29, 1.82) is 0 Å². The van der Waals surface area contributed by atoms with E-state index in [2.05, 4.69) is 20.4 Å². The Balaban J connectivity index is 1.26. The predicted octanol–water partition coefficient (Wildman–Crippen LogP) is 5.59. The van der Waals surface area contributed by atoms with Gasteiger partial charge in [0.05, 0.1) is 30.2 Å². The minimum absolute atomic E-state index is 0.0937. The number of nitrogens with two attached hydrogens (primary N) is 1. The standard InChI is InChI=1S/C36H40F3N7O5/c1-4-49-32(47)24-8-6-23(7-9-24)25-10-11-26(28(18-25)46-15-12-22(3)44-46)31(36(37,38)39)51-30-19-29(42-34(40)43-30)45-16-13-35(14-17-45)20-27(41-21-35)33(48)50-5-2/h6-12,15,18-19,27,31,41H,4-5,13-14,16-17,20-21H2,1-3H3,(H2,40,42,43)/t27-,31+/m0/s1. The number of ether oxygens (including phenoxy) is 3. The van der Waals surface area contributed by atoms with Crippen LogP contribution < -0.4 is 20.7 Å². The maximum atomic E-state index is 14.9. The summed E-state index contributed by atoms with van der Waals surface area (Å²) in [6.45, 7) is 7.56. The van der Waals surface area contributed by atoms with Gasteiger partial charge in [0, 0.05) is 37.5 Å². The number of anilines is 2. The first-order valence-corrected chi connectivity index (χ1v) is 16.8. The molecule has 2 aromatic carbocycles. The summed E-state index contributed by atoms with van der Waals surface area (Å²) in [5.41, 5.74) is 8.12. The van der Waals surface area contributed by atoms with Crippen molar-refractivity contribution < 1.29 is 37.0 Å². The van der Waals surface area contributed by atoms with E-state index in [1.165, 1.54) is 16.8 Å². The van der Waals surface area contributed by atoms with Crippen LogP contribution in [0.5, 0.6) is 5.88 Å². The lowest BCUT2D eigenvalue weighted by Gasteiger charge is -2.39. The average molecular weight is 708 g/mol. The molecule has 270 valence electrons. The zero-order valence-electron chi connectivity index (χ0n) is 28.6. The van der Waals surface area contributed by atoms with Crippen molar-refractivity contribution in [2.24, 2.45) is 5.41 Å². The van der Waals surface area contributed by atoms with Gasteiger partial charge in [0.25, 0.3) is 0 Å². The normalized spacial score (nSPS) is 17.7. The number of rotatable bonds is 10. The van der Waals surface area contributed by atoms with Crippen molar-refractivity contribution in [2.75, 3.05) is 43.5 Å². The fraction of sp³-hybridized carbons (Fsp3) is 0.417. The van der Waals surface area contributed by atoms with Gasteiger partial charge in [-0.2, -0.15) is 28.2 Å². The second-order valence-corrected chi connectivity index (χ2v) is 12.8. The zero-order valence-corrected chi connectivity index (χ0v) is 28.6. The van der Waals surface area contributed by atoms with Crippen LogP contribution in [0, 0.1) is 12.3 Å². The number of esters is 2. The lowest BCUT2D eigenvalue weighted by atomic mass is 9.76. The maximum Gasteiger partial charge on any atom is 0.429 e. The van der Waals surface area contributed by atoms with Gasteiger partial charge in [0.1, 0.15) is 11.9 Å². The van der Waals surface area contributed by atoms with E-state index in [-0.39, 0.29) is 47.1 Å². The molecular formula is C36H40F3N7O5. The molecule has 4 heterocycles. The summed E-state index contributed by atoms with van der Waals surface area (Å²) >= 11 is 0. The highest BCUT2D eigenvalue weighted by Crippen LogP contribution is 2.43. The highest BCUT2D eigenvalue weighted by atomic mass is 19.4. The van der Waals surface area contributed by atoms with Crippen molar-refractivity contribution in [3.63, 3.8) is 0 Å². The molecule has 12 nitrogen and oxygen atoms in total. The lowest BCUT2D eigenvalue weighted by molar-refractivity contribution is -0.198. The Hall–Kier alpha value is -5.18. The minimum Gasteiger partial charge on any atom is -0.465 e. The van der Waals surface area contributed by atoms with E-state index >= 15 is 0 Å². The van der Waals surface area contributed by atoms with Gasteiger partial charge in [0.2, 0.25) is 17.9 Å². The molecule has 6 rings (SSSR count). The SMILES string of the molecule is CCOC(=O)c1ccc(-c2ccc([C@@H](Oc3cc(N4CCC5(CC4)CN[C@H](C(=O)OCC)C5)nc(N)n3)C(F)(F)F)c(-n3ccc(C)n3)c2)cc1. The topological polar surface area (TPSA) is 147 Å². The van der Waals surface area contributed by atoms with Crippen LogP contribution in [0.2, 0.25) is 0 Å². The van der Waals surface area contributed by atoms with Gasteiger partial charge in [-0.15, -0.1) is 0 Å². The number of piperidine rings is 1. The van der Waals surface area contributed by atoms with Gasteiger partial charge in [-0.1, -0.05) is 24.3 Å². The molecule has 2 aliphatic rings.